The molecule has 0 bridgehead atoms. The number of carbonyl (C=O) groups is 1. The van der Waals surface area contributed by atoms with Gasteiger partial charge in [0.15, 0.2) is 5.12 Å². The molecule has 1 unspecified atom stereocenters. The molecule has 0 aromatic heterocycles. The summed E-state index contributed by atoms with van der Waals surface area (Å²) in [6.45, 7) is 3.37. The first-order valence-electron chi connectivity index (χ1n) is 4.00. The molecule has 0 saturated carbocycles. The Morgan fingerprint density at radius 1 is 1.73 bits per heavy atom. The predicted octanol–water partition coefficient (Wildman–Crippen LogP) is 1.69. The Balaban J connectivity index is 2.09. The van der Waals surface area contributed by atoms with Crippen LogP contribution >= 0.6 is 11.8 Å². The van der Waals surface area contributed by atoms with E-state index >= 15 is 0 Å². The van der Waals surface area contributed by atoms with Crippen LogP contribution in [0.5, 0.6) is 0 Å². The van der Waals surface area contributed by atoms with E-state index in [9.17, 15) is 4.79 Å². The van der Waals surface area contributed by atoms with Gasteiger partial charge in [-0.15, -0.1) is 0 Å². The molecule has 0 N–H and O–H groups in total. The molecular weight excluding hydrogens is 160 g/mol. The minimum absolute atomic E-state index is 0.218. The predicted molar refractivity (Wildman–Crippen MR) is 46.7 cm³/mol. The van der Waals surface area contributed by atoms with Gasteiger partial charge in [0.2, 0.25) is 0 Å². The molecule has 3 heteroatoms. The summed E-state index contributed by atoms with van der Waals surface area (Å²) in [5, 5.41) is 0.218. The first-order chi connectivity index (χ1) is 5.29. The third kappa shape index (κ3) is 3.77. The number of hydrogen-bond donors (Lipinski definition) is 0. The van der Waals surface area contributed by atoms with Gasteiger partial charge < -0.3 is 4.74 Å². The normalized spacial score (nSPS) is 25.0. The Kier molecular flexibility index (Phi) is 3.94. The van der Waals surface area contributed by atoms with Crippen molar-refractivity contribution in [3.05, 3.63) is 0 Å². The Morgan fingerprint density at radius 3 is 3.09 bits per heavy atom. The van der Waals surface area contributed by atoms with Gasteiger partial charge in [-0.2, -0.15) is 0 Å². The molecule has 1 saturated heterocycles. The van der Waals surface area contributed by atoms with Crippen molar-refractivity contribution >= 4 is 16.9 Å². The first-order valence-corrected chi connectivity index (χ1v) is 4.98. The van der Waals surface area contributed by atoms with Crippen molar-refractivity contribution in [3.63, 3.8) is 0 Å². The number of ether oxygens (including phenoxy) is 1. The summed E-state index contributed by atoms with van der Waals surface area (Å²) in [6.07, 6.45) is 2.38. The van der Waals surface area contributed by atoms with Crippen LogP contribution in [0.25, 0.3) is 0 Å². The third-order valence-corrected chi connectivity index (χ3v) is 2.82. The van der Waals surface area contributed by atoms with Gasteiger partial charge in [0.25, 0.3) is 0 Å². The molecule has 0 amide bonds. The minimum Gasteiger partial charge on any atom is -0.381 e. The van der Waals surface area contributed by atoms with Crippen molar-refractivity contribution in [1.29, 1.82) is 0 Å². The second kappa shape index (κ2) is 4.78. The van der Waals surface area contributed by atoms with Crippen LogP contribution in [0.4, 0.5) is 0 Å². The lowest BCUT2D eigenvalue weighted by Crippen LogP contribution is -2.19. The molecular formula is C8H14O2S. The lowest BCUT2D eigenvalue weighted by Gasteiger charge is -2.20. The van der Waals surface area contributed by atoms with E-state index in [2.05, 4.69) is 0 Å². The largest absolute Gasteiger partial charge is 0.381 e. The second-order valence-corrected chi connectivity index (χ2v) is 4.08. The van der Waals surface area contributed by atoms with Crippen LogP contribution in [-0.2, 0) is 9.53 Å². The zero-order valence-corrected chi connectivity index (χ0v) is 7.65. The average Bonchev–Trinajstić information content (AvgIpc) is 2.03. The summed E-state index contributed by atoms with van der Waals surface area (Å²) >= 11 is 1.42. The molecule has 0 aromatic carbocycles. The van der Waals surface area contributed by atoms with Gasteiger partial charge in [-0.25, -0.2) is 0 Å². The highest BCUT2D eigenvalue weighted by molar-refractivity contribution is 8.13. The van der Waals surface area contributed by atoms with E-state index in [0.717, 1.165) is 25.4 Å². The summed E-state index contributed by atoms with van der Waals surface area (Å²) in [7, 11) is 0. The van der Waals surface area contributed by atoms with E-state index in [1.807, 2.05) is 0 Å². The molecule has 0 aromatic rings. The standard InChI is InChI=1S/C8H14O2S/c1-7(9)11-6-8-3-2-4-10-5-8/h8H,2-6H2,1H3. The van der Waals surface area contributed by atoms with E-state index in [1.165, 1.54) is 18.2 Å². The zero-order valence-electron chi connectivity index (χ0n) is 6.84. The third-order valence-electron chi connectivity index (χ3n) is 1.78. The molecule has 11 heavy (non-hydrogen) atoms. The van der Waals surface area contributed by atoms with Crippen molar-refractivity contribution in [2.24, 2.45) is 5.92 Å². The van der Waals surface area contributed by atoms with Gasteiger partial charge in [-0.3, -0.25) is 4.79 Å². The van der Waals surface area contributed by atoms with Gasteiger partial charge in [0.1, 0.15) is 0 Å². The van der Waals surface area contributed by atoms with Crippen LogP contribution < -0.4 is 0 Å². The van der Waals surface area contributed by atoms with Crippen LogP contribution in [0.15, 0.2) is 0 Å². The maximum absolute atomic E-state index is 10.6. The Labute approximate surface area is 71.7 Å². The topological polar surface area (TPSA) is 26.3 Å². The second-order valence-electron chi connectivity index (χ2n) is 2.89. The highest BCUT2D eigenvalue weighted by Crippen LogP contribution is 2.18. The summed E-state index contributed by atoms with van der Waals surface area (Å²) in [5.74, 6) is 1.55. The Bertz CT molecular complexity index is 130. The molecule has 1 aliphatic rings. The summed E-state index contributed by atoms with van der Waals surface area (Å²) in [5.41, 5.74) is 0. The lowest BCUT2D eigenvalue weighted by molar-refractivity contribution is -0.109. The zero-order chi connectivity index (χ0) is 8.10. The van der Waals surface area contributed by atoms with Gasteiger partial charge in [0.05, 0.1) is 6.61 Å². The number of carbonyl (C=O) groups excluding carboxylic acids is 1. The Hall–Kier alpha value is -0.0200. The monoisotopic (exact) mass is 174 g/mol. The van der Waals surface area contributed by atoms with Crippen molar-refractivity contribution in [3.8, 4) is 0 Å². The van der Waals surface area contributed by atoms with Crippen LogP contribution in [0.2, 0.25) is 0 Å². The quantitative estimate of drug-likeness (QED) is 0.637. The minimum atomic E-state index is 0.218. The van der Waals surface area contributed by atoms with E-state index < -0.39 is 0 Å². The lowest BCUT2D eigenvalue weighted by atomic mass is 10.1. The van der Waals surface area contributed by atoms with Gasteiger partial charge in [0, 0.05) is 19.3 Å². The van der Waals surface area contributed by atoms with Gasteiger partial charge >= 0.3 is 0 Å². The molecule has 1 aliphatic heterocycles. The van der Waals surface area contributed by atoms with E-state index in [4.69, 9.17) is 4.74 Å². The van der Waals surface area contributed by atoms with Gasteiger partial charge in [-0.05, 0) is 18.8 Å². The first kappa shape index (κ1) is 9.07. The molecule has 1 atom stereocenters. The molecule has 2 nitrogen and oxygen atoms in total. The summed E-state index contributed by atoms with van der Waals surface area (Å²) in [4.78, 5) is 10.6. The number of rotatable bonds is 2. The highest BCUT2D eigenvalue weighted by Gasteiger charge is 2.14. The summed E-state index contributed by atoms with van der Waals surface area (Å²) < 4.78 is 5.29. The van der Waals surface area contributed by atoms with Crippen molar-refractivity contribution in [2.45, 2.75) is 19.8 Å². The summed E-state index contributed by atoms with van der Waals surface area (Å²) in [6, 6.07) is 0. The maximum atomic E-state index is 10.6. The van der Waals surface area contributed by atoms with Crippen molar-refractivity contribution in [2.75, 3.05) is 19.0 Å². The van der Waals surface area contributed by atoms with Crippen molar-refractivity contribution in [1.82, 2.24) is 0 Å². The molecule has 1 rings (SSSR count). The smallest absolute Gasteiger partial charge is 0.185 e. The fourth-order valence-electron chi connectivity index (χ4n) is 1.17. The molecule has 1 heterocycles. The number of thioether (sulfide) groups is 1. The van der Waals surface area contributed by atoms with E-state index in [1.54, 1.807) is 6.92 Å². The average molecular weight is 174 g/mol. The van der Waals surface area contributed by atoms with Crippen molar-refractivity contribution < 1.29 is 9.53 Å². The molecule has 0 radical (unpaired) electrons. The van der Waals surface area contributed by atoms with E-state index in [0.29, 0.717) is 5.92 Å². The molecule has 0 aliphatic carbocycles. The maximum Gasteiger partial charge on any atom is 0.185 e. The van der Waals surface area contributed by atoms with Crippen LogP contribution in [-0.4, -0.2) is 24.1 Å². The van der Waals surface area contributed by atoms with Gasteiger partial charge in [-0.1, -0.05) is 11.8 Å². The highest BCUT2D eigenvalue weighted by atomic mass is 32.2. The Morgan fingerprint density at radius 2 is 2.55 bits per heavy atom. The van der Waals surface area contributed by atoms with Crippen LogP contribution in [0.3, 0.4) is 0 Å². The molecule has 1 fully saturated rings. The van der Waals surface area contributed by atoms with Crippen LogP contribution in [0, 0.1) is 5.92 Å². The molecule has 64 valence electrons. The SMILES string of the molecule is CC(=O)SCC1CCCOC1. The fourth-order valence-corrected chi connectivity index (χ4v) is 1.91. The van der Waals surface area contributed by atoms with Crippen LogP contribution in [0.1, 0.15) is 19.8 Å². The van der Waals surface area contributed by atoms with E-state index in [-0.39, 0.29) is 5.12 Å². The number of hydrogen-bond acceptors (Lipinski definition) is 3. The molecule has 0 spiro atoms. The fraction of sp³-hybridized carbons (Fsp3) is 0.875.